The van der Waals surface area contributed by atoms with E-state index in [2.05, 4.69) is 42.6 Å². The number of nitrogens with one attached hydrogen (secondary N) is 2. The van der Waals surface area contributed by atoms with Crippen LogP contribution in [0.2, 0.25) is 0 Å². The van der Waals surface area contributed by atoms with Gasteiger partial charge in [0.05, 0.1) is 6.20 Å². The zero-order valence-electron chi connectivity index (χ0n) is 12.5. The first-order valence-electron chi connectivity index (χ1n) is 6.82. The number of aromatic nitrogens is 2. The van der Waals surface area contributed by atoms with Crippen LogP contribution in [0.4, 0.5) is 5.82 Å². The molecule has 2 rings (SSSR count). The van der Waals surface area contributed by atoms with Crippen LogP contribution >= 0.6 is 0 Å². The van der Waals surface area contributed by atoms with Crippen molar-refractivity contribution in [3.8, 4) is 0 Å². The van der Waals surface area contributed by atoms with E-state index in [9.17, 15) is 8.42 Å². The van der Waals surface area contributed by atoms with E-state index >= 15 is 0 Å². The fourth-order valence-electron chi connectivity index (χ4n) is 3.71. The van der Waals surface area contributed by atoms with Crippen LogP contribution in [0.3, 0.4) is 0 Å². The smallest absolute Gasteiger partial charge is 0.246 e. The molecule has 0 unspecified atom stereocenters. The first-order valence-corrected chi connectivity index (χ1v) is 8.30. The van der Waals surface area contributed by atoms with Gasteiger partial charge in [0.25, 0.3) is 0 Å². The highest BCUT2D eigenvalue weighted by Gasteiger charge is 2.40. The summed E-state index contributed by atoms with van der Waals surface area (Å²) in [5.74, 6) is 0.0758. The number of aromatic amines is 1. The van der Waals surface area contributed by atoms with E-state index in [4.69, 9.17) is 5.73 Å². The Labute approximate surface area is 120 Å². The number of sulfonamides is 1. The van der Waals surface area contributed by atoms with Crippen LogP contribution in [0.5, 0.6) is 0 Å². The third kappa shape index (κ3) is 3.32. The van der Waals surface area contributed by atoms with E-state index in [1.54, 1.807) is 0 Å². The van der Waals surface area contributed by atoms with Crippen molar-refractivity contribution in [2.24, 2.45) is 10.8 Å². The van der Waals surface area contributed by atoms with Gasteiger partial charge in [0.2, 0.25) is 10.0 Å². The number of H-pyrrole nitrogens is 1. The minimum atomic E-state index is -3.62. The topological polar surface area (TPSA) is 101 Å². The first-order chi connectivity index (χ1) is 9.01. The van der Waals surface area contributed by atoms with E-state index in [-0.39, 0.29) is 27.6 Å². The lowest BCUT2D eigenvalue weighted by atomic mass is 9.64. The minimum Gasteiger partial charge on any atom is -0.383 e. The van der Waals surface area contributed by atoms with Gasteiger partial charge >= 0.3 is 0 Å². The average molecular weight is 300 g/mol. The van der Waals surface area contributed by atoms with Crippen molar-refractivity contribution in [3.63, 3.8) is 0 Å². The molecule has 1 aromatic heterocycles. The summed E-state index contributed by atoms with van der Waals surface area (Å²) < 4.78 is 27.5. The van der Waals surface area contributed by atoms with Crippen molar-refractivity contribution in [3.05, 3.63) is 6.20 Å². The third-order valence-electron chi connectivity index (χ3n) is 3.80. The molecule has 0 aromatic carbocycles. The van der Waals surface area contributed by atoms with Crippen molar-refractivity contribution in [2.45, 2.75) is 57.9 Å². The third-order valence-corrected chi connectivity index (χ3v) is 5.35. The summed E-state index contributed by atoms with van der Waals surface area (Å²) in [7, 11) is -3.62. The summed E-state index contributed by atoms with van der Waals surface area (Å²) in [5.41, 5.74) is 5.84. The second kappa shape index (κ2) is 4.73. The lowest BCUT2D eigenvalue weighted by molar-refractivity contribution is 0.0934. The molecule has 0 saturated heterocycles. The predicted octanol–water partition coefficient (Wildman–Crippen LogP) is 1.88. The van der Waals surface area contributed by atoms with Gasteiger partial charge in [-0.05, 0) is 30.1 Å². The van der Waals surface area contributed by atoms with Crippen molar-refractivity contribution in [2.75, 3.05) is 5.73 Å². The zero-order chi connectivity index (χ0) is 15.2. The number of hydrogen-bond donors (Lipinski definition) is 3. The first kappa shape index (κ1) is 15.3. The molecule has 1 aromatic rings. The lowest BCUT2D eigenvalue weighted by Gasteiger charge is -2.44. The Morgan fingerprint density at radius 2 is 1.85 bits per heavy atom. The highest BCUT2D eigenvalue weighted by Crippen LogP contribution is 2.45. The van der Waals surface area contributed by atoms with E-state index in [1.807, 2.05) is 0 Å². The molecule has 0 radical (unpaired) electrons. The van der Waals surface area contributed by atoms with E-state index in [0.717, 1.165) is 19.3 Å². The summed E-state index contributed by atoms with van der Waals surface area (Å²) in [6, 6.07) is -0.0759. The molecule has 7 heteroatoms. The second-order valence-corrected chi connectivity index (χ2v) is 9.06. The van der Waals surface area contributed by atoms with Gasteiger partial charge in [-0.2, -0.15) is 5.10 Å². The Balaban J connectivity index is 2.20. The zero-order valence-corrected chi connectivity index (χ0v) is 13.3. The average Bonchev–Trinajstić information content (AvgIpc) is 2.58. The van der Waals surface area contributed by atoms with Crippen LogP contribution in [0.25, 0.3) is 0 Å². The Hall–Kier alpha value is -1.08. The van der Waals surface area contributed by atoms with Gasteiger partial charge in [0.15, 0.2) is 0 Å². The van der Waals surface area contributed by atoms with Crippen LogP contribution in [-0.2, 0) is 10.0 Å². The maximum absolute atomic E-state index is 12.4. The number of rotatable bonds is 3. The van der Waals surface area contributed by atoms with Crippen molar-refractivity contribution in [1.29, 1.82) is 0 Å². The highest BCUT2D eigenvalue weighted by molar-refractivity contribution is 7.89. The minimum absolute atomic E-state index is 0.0266. The van der Waals surface area contributed by atoms with Crippen molar-refractivity contribution < 1.29 is 8.42 Å². The van der Waals surface area contributed by atoms with Gasteiger partial charge in [-0.3, -0.25) is 5.10 Å². The molecule has 0 spiro atoms. The van der Waals surface area contributed by atoms with E-state index < -0.39 is 10.0 Å². The standard InChI is InChI=1S/C13H24N4O2S/c1-12(2)5-9(6-13(3,4)8-12)17-20(18,19)10-7-15-16-11(10)14/h7,9,17H,5-6,8H2,1-4H3,(H3,14,15,16). The van der Waals surface area contributed by atoms with Gasteiger partial charge in [-0.1, -0.05) is 27.7 Å². The van der Waals surface area contributed by atoms with Crippen LogP contribution in [0.1, 0.15) is 47.0 Å². The predicted molar refractivity (Wildman–Crippen MR) is 78.5 cm³/mol. The summed E-state index contributed by atoms with van der Waals surface area (Å²) in [6.07, 6.45) is 3.99. The number of nitrogens with zero attached hydrogens (tertiary/aromatic N) is 1. The maximum Gasteiger partial charge on any atom is 0.246 e. The van der Waals surface area contributed by atoms with Crippen LogP contribution in [-0.4, -0.2) is 24.7 Å². The maximum atomic E-state index is 12.4. The Kier molecular flexibility index (Phi) is 3.62. The molecular weight excluding hydrogens is 276 g/mol. The number of nitrogens with two attached hydrogens (primary N) is 1. The molecule has 6 nitrogen and oxygen atoms in total. The number of hydrogen-bond acceptors (Lipinski definition) is 4. The second-order valence-electron chi connectivity index (χ2n) is 7.38. The Morgan fingerprint density at radius 3 is 2.30 bits per heavy atom. The Bertz CT molecular complexity index is 573. The quantitative estimate of drug-likeness (QED) is 0.793. The molecule has 1 aliphatic rings. The molecule has 1 fully saturated rings. The summed E-state index contributed by atoms with van der Waals surface area (Å²) in [4.78, 5) is 0.0266. The van der Waals surface area contributed by atoms with Gasteiger partial charge in [-0.25, -0.2) is 13.1 Å². The fraction of sp³-hybridized carbons (Fsp3) is 0.769. The van der Waals surface area contributed by atoms with Crippen LogP contribution in [0, 0.1) is 10.8 Å². The molecule has 0 amide bonds. The van der Waals surface area contributed by atoms with Gasteiger partial charge in [-0.15, -0.1) is 0 Å². The van der Waals surface area contributed by atoms with Crippen LogP contribution < -0.4 is 10.5 Å². The molecule has 4 N–H and O–H groups in total. The fourth-order valence-corrected chi connectivity index (χ4v) is 4.97. The SMILES string of the molecule is CC1(C)CC(NS(=O)(=O)c2cn[nH]c2N)CC(C)(C)C1. The van der Waals surface area contributed by atoms with Crippen molar-refractivity contribution in [1.82, 2.24) is 14.9 Å². The van der Waals surface area contributed by atoms with Gasteiger partial charge in [0, 0.05) is 6.04 Å². The molecule has 114 valence electrons. The molecule has 1 saturated carbocycles. The highest BCUT2D eigenvalue weighted by atomic mass is 32.2. The molecule has 20 heavy (non-hydrogen) atoms. The molecule has 0 bridgehead atoms. The monoisotopic (exact) mass is 300 g/mol. The van der Waals surface area contributed by atoms with Crippen molar-refractivity contribution >= 4 is 15.8 Å². The molecule has 0 atom stereocenters. The largest absolute Gasteiger partial charge is 0.383 e. The summed E-state index contributed by atoms with van der Waals surface area (Å²) in [6.45, 7) is 8.73. The lowest BCUT2D eigenvalue weighted by Crippen LogP contribution is -2.45. The summed E-state index contributed by atoms with van der Waals surface area (Å²) in [5, 5.41) is 6.12. The number of nitrogen functional groups attached to an aromatic ring is 1. The summed E-state index contributed by atoms with van der Waals surface area (Å²) >= 11 is 0. The Morgan fingerprint density at radius 1 is 1.30 bits per heavy atom. The van der Waals surface area contributed by atoms with Gasteiger partial charge in [0.1, 0.15) is 10.7 Å². The van der Waals surface area contributed by atoms with Gasteiger partial charge < -0.3 is 5.73 Å². The molecule has 0 aliphatic heterocycles. The van der Waals surface area contributed by atoms with E-state index in [0.29, 0.717) is 0 Å². The normalized spacial score (nSPS) is 22.8. The molecule has 1 aliphatic carbocycles. The number of anilines is 1. The molecular formula is C13H24N4O2S. The van der Waals surface area contributed by atoms with Crippen LogP contribution in [0.15, 0.2) is 11.1 Å². The molecule has 1 heterocycles. The van der Waals surface area contributed by atoms with E-state index in [1.165, 1.54) is 6.20 Å².